The van der Waals surface area contributed by atoms with Gasteiger partial charge in [-0.25, -0.2) is 14.6 Å². The molecule has 162 valence electrons. The van der Waals surface area contributed by atoms with Gasteiger partial charge in [0.2, 0.25) is 0 Å². The summed E-state index contributed by atoms with van der Waals surface area (Å²) in [5.74, 6) is 1.58. The minimum atomic E-state index is -0.415. The number of nitrogens with zero attached hydrogens (tertiary/aromatic N) is 5. The molecule has 1 unspecified atom stereocenters. The Bertz CT molecular complexity index is 1040. The second kappa shape index (κ2) is 7.93. The monoisotopic (exact) mass is 439 g/mol. The minimum absolute atomic E-state index is 0.0814. The quantitative estimate of drug-likeness (QED) is 0.563. The van der Waals surface area contributed by atoms with Crippen LogP contribution in [0.1, 0.15) is 46.2 Å². The molecule has 1 saturated heterocycles. The molecule has 1 fully saturated rings. The first kappa shape index (κ1) is 21.8. The van der Waals surface area contributed by atoms with E-state index in [4.69, 9.17) is 20.9 Å². The van der Waals surface area contributed by atoms with Gasteiger partial charge in [-0.05, 0) is 52.3 Å². The third-order valence-electron chi connectivity index (χ3n) is 6.28. The molecule has 9 heteroatoms. The number of hydrogen-bond donors (Lipinski definition) is 0. The first-order valence-corrected chi connectivity index (χ1v) is 10.7. The Hall–Kier alpha value is -2.42. The van der Waals surface area contributed by atoms with Crippen LogP contribution in [-0.2, 0) is 9.31 Å². The molecule has 1 aliphatic rings. The highest BCUT2D eigenvalue weighted by Gasteiger charge is 2.51. The summed E-state index contributed by atoms with van der Waals surface area (Å²) in [6.45, 7) is 10.3. The van der Waals surface area contributed by atoms with Crippen molar-refractivity contribution in [2.75, 3.05) is 11.9 Å². The average Bonchev–Trinajstić information content (AvgIpc) is 3.27. The van der Waals surface area contributed by atoms with Gasteiger partial charge in [0.1, 0.15) is 5.82 Å². The normalized spacial score (nSPS) is 18.2. The summed E-state index contributed by atoms with van der Waals surface area (Å²) in [5, 5.41) is 4.76. The molecule has 0 aromatic carbocycles. The van der Waals surface area contributed by atoms with E-state index in [1.807, 2.05) is 71.4 Å². The van der Waals surface area contributed by atoms with Gasteiger partial charge in [-0.2, -0.15) is 5.10 Å². The van der Waals surface area contributed by atoms with Crippen LogP contribution in [0.2, 0.25) is 5.02 Å². The summed E-state index contributed by atoms with van der Waals surface area (Å²) in [6, 6.07) is 8.05. The van der Waals surface area contributed by atoms with Crippen molar-refractivity contribution >= 4 is 30.0 Å². The molecule has 0 aliphatic carbocycles. The number of halogens is 1. The number of rotatable bonds is 5. The van der Waals surface area contributed by atoms with E-state index >= 15 is 0 Å². The number of hydrogen-bond acceptors (Lipinski definition) is 6. The molecule has 0 bridgehead atoms. The fourth-order valence-electron chi connectivity index (χ4n) is 3.35. The van der Waals surface area contributed by atoms with E-state index in [-0.39, 0.29) is 17.2 Å². The fourth-order valence-corrected chi connectivity index (χ4v) is 3.49. The fraction of sp³-hybridized carbons (Fsp3) is 0.409. The highest BCUT2D eigenvalue weighted by Crippen LogP contribution is 2.36. The molecule has 0 saturated carbocycles. The van der Waals surface area contributed by atoms with E-state index in [0.717, 1.165) is 22.7 Å². The second-order valence-corrected chi connectivity index (χ2v) is 9.31. The van der Waals surface area contributed by atoms with Crippen molar-refractivity contribution < 1.29 is 9.31 Å². The van der Waals surface area contributed by atoms with Crippen LogP contribution in [0, 0.1) is 0 Å². The molecule has 3 aromatic heterocycles. The predicted octanol–water partition coefficient (Wildman–Crippen LogP) is 3.81. The van der Waals surface area contributed by atoms with Crippen molar-refractivity contribution in [3.8, 4) is 5.82 Å². The largest absolute Gasteiger partial charge is 0.496 e. The van der Waals surface area contributed by atoms with Crippen molar-refractivity contribution in [2.45, 2.75) is 51.9 Å². The zero-order valence-electron chi connectivity index (χ0n) is 18.7. The Morgan fingerprint density at radius 1 is 1.00 bits per heavy atom. The van der Waals surface area contributed by atoms with Crippen LogP contribution in [-0.4, -0.2) is 45.1 Å². The van der Waals surface area contributed by atoms with Crippen molar-refractivity contribution in [2.24, 2.45) is 0 Å². The number of anilines is 1. The standard InChI is InChI=1S/C22H27BClN5O2/c1-15(16-7-9-20(25-11-16)29-14-18(24)13-27-29)28(6)19-10-8-17(12-26-19)23-30-21(2,3)22(4,5)31-23/h7-15H,1-6H3. The van der Waals surface area contributed by atoms with Gasteiger partial charge in [0, 0.05) is 24.9 Å². The maximum Gasteiger partial charge on any atom is 0.496 e. The number of aromatic nitrogens is 4. The highest BCUT2D eigenvalue weighted by molar-refractivity contribution is 6.62. The van der Waals surface area contributed by atoms with Crippen LogP contribution in [0.4, 0.5) is 5.82 Å². The van der Waals surface area contributed by atoms with Gasteiger partial charge in [0.15, 0.2) is 5.82 Å². The topological polar surface area (TPSA) is 65.3 Å². The van der Waals surface area contributed by atoms with E-state index in [0.29, 0.717) is 5.02 Å². The Morgan fingerprint density at radius 3 is 2.23 bits per heavy atom. The van der Waals surface area contributed by atoms with E-state index in [1.54, 1.807) is 17.1 Å². The summed E-state index contributed by atoms with van der Waals surface area (Å²) in [7, 11) is 1.60. The van der Waals surface area contributed by atoms with Crippen molar-refractivity contribution in [3.63, 3.8) is 0 Å². The number of pyridine rings is 2. The van der Waals surface area contributed by atoms with Gasteiger partial charge in [-0.15, -0.1) is 0 Å². The summed E-state index contributed by atoms with van der Waals surface area (Å²) in [4.78, 5) is 11.3. The molecule has 7 nitrogen and oxygen atoms in total. The van der Waals surface area contributed by atoms with E-state index in [9.17, 15) is 0 Å². The van der Waals surface area contributed by atoms with E-state index < -0.39 is 7.12 Å². The lowest BCUT2D eigenvalue weighted by Crippen LogP contribution is -2.41. The van der Waals surface area contributed by atoms with Gasteiger partial charge in [-0.1, -0.05) is 23.7 Å². The second-order valence-electron chi connectivity index (χ2n) is 8.88. The van der Waals surface area contributed by atoms with Crippen LogP contribution in [0.15, 0.2) is 49.1 Å². The zero-order valence-corrected chi connectivity index (χ0v) is 19.5. The van der Waals surface area contributed by atoms with Crippen LogP contribution in [0.25, 0.3) is 5.82 Å². The molecular formula is C22H27BClN5O2. The Balaban J connectivity index is 1.46. The molecule has 3 aromatic rings. The van der Waals surface area contributed by atoms with E-state index in [2.05, 4.69) is 26.9 Å². The first-order chi connectivity index (χ1) is 14.6. The van der Waals surface area contributed by atoms with Crippen LogP contribution in [0.5, 0.6) is 0 Å². The van der Waals surface area contributed by atoms with Crippen LogP contribution >= 0.6 is 11.6 Å². The Morgan fingerprint density at radius 2 is 1.71 bits per heavy atom. The maximum atomic E-state index is 6.12. The minimum Gasteiger partial charge on any atom is -0.399 e. The third kappa shape index (κ3) is 4.20. The maximum absolute atomic E-state index is 6.12. The Kier molecular flexibility index (Phi) is 5.58. The summed E-state index contributed by atoms with van der Waals surface area (Å²) >= 11 is 5.94. The first-order valence-electron chi connectivity index (χ1n) is 10.3. The molecule has 31 heavy (non-hydrogen) atoms. The van der Waals surface area contributed by atoms with Gasteiger partial charge in [0.05, 0.1) is 34.7 Å². The molecule has 0 spiro atoms. The lowest BCUT2D eigenvalue weighted by Gasteiger charge is -2.32. The lowest BCUT2D eigenvalue weighted by molar-refractivity contribution is 0.00578. The van der Waals surface area contributed by atoms with E-state index in [1.165, 1.54) is 0 Å². The van der Waals surface area contributed by atoms with Crippen LogP contribution in [0.3, 0.4) is 0 Å². The summed E-state index contributed by atoms with van der Waals surface area (Å²) < 4.78 is 13.9. The Labute approximate surface area is 188 Å². The lowest BCUT2D eigenvalue weighted by atomic mass is 9.80. The smallest absolute Gasteiger partial charge is 0.399 e. The molecular weight excluding hydrogens is 413 g/mol. The summed E-state index contributed by atoms with van der Waals surface area (Å²) in [5.41, 5.74) is 1.23. The van der Waals surface area contributed by atoms with Crippen molar-refractivity contribution in [1.82, 2.24) is 19.7 Å². The van der Waals surface area contributed by atoms with Crippen LogP contribution < -0.4 is 10.4 Å². The zero-order chi connectivity index (χ0) is 22.4. The predicted molar refractivity (Wildman–Crippen MR) is 123 cm³/mol. The SMILES string of the molecule is CC(c1ccc(-n2cc(Cl)cn2)nc1)N(C)c1ccc(B2OC(C)(C)C(C)(C)O2)cn1. The molecule has 4 heterocycles. The molecule has 4 rings (SSSR count). The molecule has 0 N–H and O–H groups in total. The molecule has 0 amide bonds. The van der Waals surface area contributed by atoms with Crippen molar-refractivity contribution in [3.05, 3.63) is 59.6 Å². The highest BCUT2D eigenvalue weighted by atomic mass is 35.5. The van der Waals surface area contributed by atoms with Gasteiger partial charge in [-0.3, -0.25) is 0 Å². The molecule has 1 aliphatic heterocycles. The average molecular weight is 440 g/mol. The van der Waals surface area contributed by atoms with Gasteiger partial charge in [0.25, 0.3) is 0 Å². The summed E-state index contributed by atoms with van der Waals surface area (Å²) in [6.07, 6.45) is 6.99. The molecule has 1 atom stereocenters. The third-order valence-corrected chi connectivity index (χ3v) is 6.47. The van der Waals surface area contributed by atoms with Crippen molar-refractivity contribution in [1.29, 1.82) is 0 Å². The molecule has 0 radical (unpaired) electrons. The van der Waals surface area contributed by atoms with Gasteiger partial charge >= 0.3 is 7.12 Å². The van der Waals surface area contributed by atoms with Gasteiger partial charge < -0.3 is 14.2 Å².